The lowest BCUT2D eigenvalue weighted by Gasteiger charge is -2.32. The smallest absolute Gasteiger partial charge is 0.269 e. The van der Waals surface area contributed by atoms with Gasteiger partial charge in [0.1, 0.15) is 11.5 Å². The van der Waals surface area contributed by atoms with Crippen LogP contribution < -0.4 is 5.32 Å². The molecule has 1 aromatic heterocycles. The molecule has 2 aromatic rings. The van der Waals surface area contributed by atoms with Gasteiger partial charge in [-0.1, -0.05) is 11.8 Å². The molecule has 0 aliphatic carbocycles. The van der Waals surface area contributed by atoms with Crippen LogP contribution in [-0.4, -0.2) is 77.8 Å². The third-order valence-electron chi connectivity index (χ3n) is 4.76. The summed E-state index contributed by atoms with van der Waals surface area (Å²) in [4.78, 5) is 21.7. The molecule has 0 atom stereocenters. The van der Waals surface area contributed by atoms with E-state index in [9.17, 15) is 9.18 Å². The van der Waals surface area contributed by atoms with E-state index < -0.39 is 0 Å². The van der Waals surface area contributed by atoms with E-state index in [1.54, 1.807) is 22.9 Å². The second kappa shape index (κ2) is 9.34. The number of nitrogens with zero attached hydrogens (tertiary/aromatic N) is 4. The Kier molecular flexibility index (Phi) is 6.87. The molecule has 0 unspecified atom stereocenters. The molecule has 1 aromatic carbocycles. The average Bonchev–Trinajstić information content (AvgIpc) is 3.11. The van der Waals surface area contributed by atoms with Gasteiger partial charge >= 0.3 is 0 Å². The molecule has 1 aliphatic heterocycles. The Balaban J connectivity index is 1.58. The van der Waals surface area contributed by atoms with Gasteiger partial charge in [0.15, 0.2) is 5.16 Å². The standard InChI is InChI=1S/C19H26FN5OS/c1-23-10-12-24(13-11-23)9-3-8-21-18(26)17-14-22-19(27-2)25(17)16-6-4-15(20)5-7-16/h4-7,14H,3,8-13H2,1-2H3,(H,21,26). The van der Waals surface area contributed by atoms with Crippen LogP contribution in [-0.2, 0) is 0 Å². The summed E-state index contributed by atoms with van der Waals surface area (Å²) in [5, 5.41) is 3.68. The first-order chi connectivity index (χ1) is 13.1. The minimum absolute atomic E-state index is 0.162. The van der Waals surface area contributed by atoms with Crippen LogP contribution in [0, 0.1) is 5.82 Å². The molecule has 1 saturated heterocycles. The summed E-state index contributed by atoms with van der Waals surface area (Å²) in [7, 11) is 2.14. The summed E-state index contributed by atoms with van der Waals surface area (Å²) in [6.07, 6.45) is 4.39. The summed E-state index contributed by atoms with van der Waals surface area (Å²) in [5.74, 6) is -0.468. The topological polar surface area (TPSA) is 53.4 Å². The van der Waals surface area contributed by atoms with Crippen LogP contribution in [0.1, 0.15) is 16.9 Å². The molecular formula is C19H26FN5OS. The zero-order valence-corrected chi connectivity index (χ0v) is 16.6. The van der Waals surface area contributed by atoms with E-state index in [1.165, 1.54) is 23.9 Å². The first-order valence-corrected chi connectivity index (χ1v) is 10.4. The lowest BCUT2D eigenvalue weighted by Crippen LogP contribution is -2.45. The molecule has 1 N–H and O–H groups in total. The number of carbonyl (C=O) groups is 1. The van der Waals surface area contributed by atoms with Gasteiger partial charge in [-0.2, -0.15) is 0 Å². The fraction of sp³-hybridized carbons (Fsp3) is 0.474. The van der Waals surface area contributed by atoms with Crippen molar-refractivity contribution < 1.29 is 9.18 Å². The number of hydrogen-bond acceptors (Lipinski definition) is 5. The Hall–Kier alpha value is -1.90. The number of amides is 1. The molecular weight excluding hydrogens is 365 g/mol. The van der Waals surface area contributed by atoms with Crippen LogP contribution in [0.15, 0.2) is 35.6 Å². The minimum atomic E-state index is -0.306. The Morgan fingerprint density at radius 3 is 2.59 bits per heavy atom. The first-order valence-electron chi connectivity index (χ1n) is 9.15. The number of halogens is 1. The first kappa shape index (κ1) is 19.9. The van der Waals surface area contributed by atoms with Crippen molar-refractivity contribution in [1.82, 2.24) is 24.7 Å². The van der Waals surface area contributed by atoms with Gasteiger partial charge in [-0.25, -0.2) is 9.37 Å². The van der Waals surface area contributed by atoms with Gasteiger partial charge in [0.2, 0.25) is 0 Å². The van der Waals surface area contributed by atoms with Crippen LogP contribution in [0.4, 0.5) is 4.39 Å². The van der Waals surface area contributed by atoms with Crippen LogP contribution >= 0.6 is 11.8 Å². The Morgan fingerprint density at radius 2 is 1.93 bits per heavy atom. The van der Waals surface area contributed by atoms with Crippen molar-refractivity contribution in [2.24, 2.45) is 0 Å². The fourth-order valence-corrected chi connectivity index (χ4v) is 3.69. The molecule has 146 valence electrons. The number of piperazine rings is 1. The number of thioether (sulfide) groups is 1. The molecule has 1 aliphatic rings. The highest BCUT2D eigenvalue weighted by Gasteiger charge is 2.18. The van der Waals surface area contributed by atoms with Crippen molar-refractivity contribution in [3.63, 3.8) is 0 Å². The summed E-state index contributed by atoms with van der Waals surface area (Å²) < 4.78 is 15.0. The average molecular weight is 392 g/mol. The maximum Gasteiger partial charge on any atom is 0.269 e. The van der Waals surface area contributed by atoms with Crippen LogP contribution in [0.2, 0.25) is 0 Å². The second-order valence-corrected chi connectivity index (χ2v) is 7.47. The highest BCUT2D eigenvalue weighted by molar-refractivity contribution is 7.98. The van der Waals surface area contributed by atoms with Crippen molar-refractivity contribution in [3.8, 4) is 5.69 Å². The third kappa shape index (κ3) is 5.09. The molecule has 0 spiro atoms. The van der Waals surface area contributed by atoms with Crippen molar-refractivity contribution in [2.75, 3.05) is 52.6 Å². The third-order valence-corrected chi connectivity index (χ3v) is 5.42. The molecule has 0 bridgehead atoms. The largest absolute Gasteiger partial charge is 0.351 e. The number of rotatable bonds is 7. The van der Waals surface area contributed by atoms with E-state index in [0.717, 1.165) is 44.8 Å². The zero-order chi connectivity index (χ0) is 19.2. The Bertz CT molecular complexity index is 756. The maximum atomic E-state index is 13.2. The van der Waals surface area contributed by atoms with E-state index in [4.69, 9.17) is 0 Å². The fourth-order valence-electron chi connectivity index (χ4n) is 3.15. The van der Waals surface area contributed by atoms with Crippen molar-refractivity contribution in [2.45, 2.75) is 11.6 Å². The van der Waals surface area contributed by atoms with Crippen LogP contribution in [0.5, 0.6) is 0 Å². The van der Waals surface area contributed by atoms with Crippen LogP contribution in [0.3, 0.4) is 0 Å². The van der Waals surface area contributed by atoms with Crippen LogP contribution in [0.25, 0.3) is 5.69 Å². The SMILES string of the molecule is CSc1ncc(C(=O)NCCCN2CCN(C)CC2)n1-c1ccc(F)cc1. The number of carbonyl (C=O) groups excluding carboxylic acids is 1. The number of aromatic nitrogens is 2. The van der Waals surface area contributed by atoms with Crippen molar-refractivity contribution in [1.29, 1.82) is 0 Å². The molecule has 0 radical (unpaired) electrons. The summed E-state index contributed by atoms with van der Waals surface area (Å²) in [6, 6.07) is 6.08. The highest BCUT2D eigenvalue weighted by atomic mass is 32.2. The number of imidazole rings is 1. The van der Waals surface area contributed by atoms with Gasteiger partial charge in [0, 0.05) is 38.4 Å². The Morgan fingerprint density at radius 1 is 1.22 bits per heavy atom. The maximum absolute atomic E-state index is 13.2. The number of nitrogens with one attached hydrogen (secondary N) is 1. The summed E-state index contributed by atoms with van der Waals surface area (Å²) >= 11 is 1.45. The summed E-state index contributed by atoms with van der Waals surface area (Å²) in [6.45, 7) is 5.97. The second-order valence-electron chi connectivity index (χ2n) is 6.70. The predicted octanol–water partition coefficient (Wildman–Crippen LogP) is 2.10. The van der Waals surface area contributed by atoms with Gasteiger partial charge < -0.3 is 15.1 Å². The molecule has 1 fully saturated rings. The monoisotopic (exact) mass is 391 g/mol. The highest BCUT2D eigenvalue weighted by Crippen LogP contribution is 2.22. The molecule has 2 heterocycles. The van der Waals surface area contributed by atoms with Gasteiger partial charge in [0.25, 0.3) is 5.91 Å². The lowest BCUT2D eigenvalue weighted by molar-refractivity contribution is 0.0942. The van der Waals surface area contributed by atoms with Gasteiger partial charge in [-0.05, 0) is 50.5 Å². The van der Waals surface area contributed by atoms with Gasteiger partial charge in [-0.15, -0.1) is 0 Å². The van der Waals surface area contributed by atoms with E-state index >= 15 is 0 Å². The quantitative estimate of drug-likeness (QED) is 0.579. The zero-order valence-electron chi connectivity index (χ0n) is 15.8. The van der Waals surface area contributed by atoms with Crippen molar-refractivity contribution >= 4 is 17.7 Å². The van der Waals surface area contributed by atoms with E-state index in [1.807, 2.05) is 6.26 Å². The van der Waals surface area contributed by atoms with Gasteiger partial charge in [0.05, 0.1) is 6.20 Å². The van der Waals surface area contributed by atoms with Gasteiger partial charge in [-0.3, -0.25) is 9.36 Å². The molecule has 27 heavy (non-hydrogen) atoms. The molecule has 6 nitrogen and oxygen atoms in total. The molecule has 1 amide bonds. The molecule has 8 heteroatoms. The lowest BCUT2D eigenvalue weighted by atomic mass is 10.3. The summed E-state index contributed by atoms with van der Waals surface area (Å²) in [5.41, 5.74) is 1.19. The molecule has 3 rings (SSSR count). The Labute approximate surface area is 163 Å². The van der Waals surface area contributed by atoms with E-state index in [0.29, 0.717) is 17.4 Å². The normalized spacial score (nSPS) is 15.8. The minimum Gasteiger partial charge on any atom is -0.351 e. The van der Waals surface area contributed by atoms with E-state index in [-0.39, 0.29) is 11.7 Å². The molecule has 0 saturated carbocycles. The number of likely N-dealkylation sites (N-methyl/N-ethyl adjacent to an activating group) is 1. The number of hydrogen-bond donors (Lipinski definition) is 1. The van der Waals surface area contributed by atoms with E-state index in [2.05, 4.69) is 27.1 Å². The van der Waals surface area contributed by atoms with Crippen molar-refractivity contribution in [3.05, 3.63) is 42.0 Å². The predicted molar refractivity (Wildman–Crippen MR) is 106 cm³/mol. The number of benzene rings is 1.